The van der Waals surface area contributed by atoms with Gasteiger partial charge in [-0.05, 0) is 49.6 Å². The normalized spacial score (nSPS) is 16.5. The number of nitrogens with zero attached hydrogens (tertiary/aromatic N) is 3. The molecule has 4 aromatic rings. The summed E-state index contributed by atoms with van der Waals surface area (Å²) in [6.07, 6.45) is 2.78. The Morgan fingerprint density at radius 1 is 1.10 bits per heavy atom. The molecule has 0 unspecified atom stereocenters. The Morgan fingerprint density at radius 2 is 1.94 bits per heavy atom. The summed E-state index contributed by atoms with van der Waals surface area (Å²) in [5.41, 5.74) is 1.96. The summed E-state index contributed by atoms with van der Waals surface area (Å²) in [5.74, 6) is 1.78. The average molecular weight is 418 g/mol. The van der Waals surface area contributed by atoms with Crippen molar-refractivity contribution in [1.82, 2.24) is 30.0 Å². The molecule has 1 atom stereocenters. The van der Waals surface area contributed by atoms with Gasteiger partial charge in [-0.25, -0.2) is 9.78 Å². The van der Waals surface area contributed by atoms with Gasteiger partial charge in [0.25, 0.3) is 5.91 Å². The molecule has 2 aromatic heterocycles. The van der Waals surface area contributed by atoms with Gasteiger partial charge in [0.1, 0.15) is 11.6 Å². The highest BCUT2D eigenvalue weighted by molar-refractivity contribution is 5.80. The minimum Gasteiger partial charge on any atom is -0.484 e. The molecule has 0 aliphatic carbocycles. The van der Waals surface area contributed by atoms with Crippen LogP contribution in [-0.4, -0.2) is 49.1 Å². The molecular weight excluding hydrogens is 396 g/mol. The van der Waals surface area contributed by atoms with Gasteiger partial charge in [-0.2, -0.15) is 5.10 Å². The lowest BCUT2D eigenvalue weighted by Crippen LogP contribution is -2.41. The summed E-state index contributed by atoms with van der Waals surface area (Å²) in [6, 6.07) is 14.7. The van der Waals surface area contributed by atoms with Gasteiger partial charge in [0.15, 0.2) is 12.4 Å². The average Bonchev–Trinajstić information content (AvgIpc) is 3.43. The van der Waals surface area contributed by atoms with Gasteiger partial charge in [-0.15, -0.1) is 0 Å². The summed E-state index contributed by atoms with van der Waals surface area (Å²) in [4.78, 5) is 36.3. The number of piperidine rings is 1. The van der Waals surface area contributed by atoms with Crippen molar-refractivity contribution in [3.05, 3.63) is 64.8 Å². The minimum absolute atomic E-state index is 0.0149. The molecule has 1 aliphatic heterocycles. The number of carbonyl (C=O) groups excluding carboxylic acids is 1. The van der Waals surface area contributed by atoms with Crippen LogP contribution in [0.2, 0.25) is 0 Å². The molecule has 0 bridgehead atoms. The lowest BCUT2D eigenvalue weighted by Gasteiger charge is -2.34. The maximum atomic E-state index is 12.9. The summed E-state index contributed by atoms with van der Waals surface area (Å²) in [7, 11) is 0. The number of hydrogen-bond acceptors (Lipinski definition) is 5. The SMILES string of the molecule is O=C(COc1ccccc1)N1CCCC[C@@H]1c1nc(-c2ccc3[nH]c(=O)[nH]c3c2)n[nH]1. The van der Waals surface area contributed by atoms with Crippen molar-refractivity contribution >= 4 is 16.9 Å². The lowest BCUT2D eigenvalue weighted by atomic mass is 10.0. The molecule has 3 N–H and O–H groups in total. The number of hydrogen-bond donors (Lipinski definition) is 3. The van der Waals surface area contributed by atoms with Gasteiger partial charge < -0.3 is 19.6 Å². The number of H-pyrrole nitrogens is 3. The lowest BCUT2D eigenvalue weighted by molar-refractivity contribution is -0.137. The second-order valence-corrected chi connectivity index (χ2v) is 7.58. The highest BCUT2D eigenvalue weighted by Gasteiger charge is 2.30. The van der Waals surface area contributed by atoms with Crippen LogP contribution in [0.15, 0.2) is 53.3 Å². The third-order valence-corrected chi connectivity index (χ3v) is 5.52. The number of rotatable bonds is 5. The Hall–Kier alpha value is -3.88. The maximum absolute atomic E-state index is 12.9. The number of aromatic amines is 3. The topological polar surface area (TPSA) is 120 Å². The van der Waals surface area contributed by atoms with Crippen molar-refractivity contribution in [3.8, 4) is 17.1 Å². The zero-order valence-corrected chi connectivity index (χ0v) is 16.8. The van der Waals surface area contributed by atoms with Crippen LogP contribution in [0.4, 0.5) is 0 Å². The van der Waals surface area contributed by atoms with Crippen LogP contribution < -0.4 is 10.4 Å². The Labute approximate surface area is 177 Å². The van der Waals surface area contributed by atoms with Gasteiger partial charge in [-0.3, -0.25) is 9.89 Å². The number of likely N-dealkylation sites (tertiary alicyclic amines) is 1. The molecule has 5 rings (SSSR count). The Bertz CT molecular complexity index is 1260. The molecular formula is C22H22N6O3. The van der Waals surface area contributed by atoms with Crippen LogP contribution in [0.1, 0.15) is 31.1 Å². The number of amides is 1. The van der Waals surface area contributed by atoms with Gasteiger partial charge in [0.05, 0.1) is 17.1 Å². The molecule has 0 spiro atoms. The molecule has 158 valence electrons. The zero-order valence-electron chi connectivity index (χ0n) is 16.8. The number of carbonyl (C=O) groups is 1. The highest BCUT2D eigenvalue weighted by atomic mass is 16.5. The van der Waals surface area contributed by atoms with Crippen molar-refractivity contribution in [2.45, 2.75) is 25.3 Å². The van der Waals surface area contributed by atoms with E-state index >= 15 is 0 Å². The Balaban J connectivity index is 1.34. The third-order valence-electron chi connectivity index (χ3n) is 5.52. The summed E-state index contributed by atoms with van der Waals surface area (Å²) in [6.45, 7) is 0.646. The molecule has 0 saturated carbocycles. The second-order valence-electron chi connectivity index (χ2n) is 7.58. The number of fused-ring (bicyclic) bond motifs is 1. The monoisotopic (exact) mass is 418 g/mol. The molecule has 1 saturated heterocycles. The fourth-order valence-corrected chi connectivity index (χ4v) is 3.98. The molecule has 9 heteroatoms. The van der Waals surface area contributed by atoms with Crippen molar-refractivity contribution in [2.24, 2.45) is 0 Å². The highest BCUT2D eigenvalue weighted by Crippen LogP contribution is 2.30. The van der Waals surface area contributed by atoms with Crippen LogP contribution in [0, 0.1) is 0 Å². The molecule has 3 heterocycles. The van der Waals surface area contributed by atoms with E-state index in [4.69, 9.17) is 4.74 Å². The first-order chi connectivity index (χ1) is 15.2. The minimum atomic E-state index is -0.253. The number of benzene rings is 2. The fraction of sp³-hybridized carbons (Fsp3) is 0.273. The van der Waals surface area contributed by atoms with Crippen molar-refractivity contribution in [3.63, 3.8) is 0 Å². The number of ether oxygens (including phenoxy) is 1. The molecule has 1 fully saturated rings. The fourth-order valence-electron chi connectivity index (χ4n) is 3.98. The number of aromatic nitrogens is 5. The van der Waals surface area contributed by atoms with E-state index in [9.17, 15) is 9.59 Å². The predicted molar refractivity (Wildman–Crippen MR) is 115 cm³/mol. The van der Waals surface area contributed by atoms with Gasteiger partial charge in [0.2, 0.25) is 0 Å². The van der Waals surface area contributed by atoms with E-state index in [2.05, 4.69) is 25.1 Å². The van der Waals surface area contributed by atoms with E-state index < -0.39 is 0 Å². The standard InChI is InChI=1S/C22H22N6O3/c29-19(13-31-15-6-2-1-3-7-15)28-11-5-4-8-18(28)21-25-20(26-27-21)14-9-10-16-17(12-14)24-22(30)23-16/h1-3,6-7,9-10,12,18H,4-5,8,11,13H2,(H2,23,24,30)(H,25,26,27)/t18-/m1/s1. The van der Waals surface area contributed by atoms with E-state index in [0.29, 0.717) is 29.5 Å². The van der Waals surface area contributed by atoms with E-state index in [1.54, 1.807) is 0 Å². The van der Waals surface area contributed by atoms with Crippen molar-refractivity contribution in [2.75, 3.05) is 13.2 Å². The summed E-state index contributed by atoms with van der Waals surface area (Å²) >= 11 is 0. The van der Waals surface area contributed by atoms with E-state index in [0.717, 1.165) is 30.3 Å². The third kappa shape index (κ3) is 3.94. The smallest absolute Gasteiger partial charge is 0.323 e. The molecule has 1 aliphatic rings. The Morgan fingerprint density at radius 3 is 2.81 bits per heavy atom. The number of para-hydroxylation sites is 1. The van der Waals surface area contributed by atoms with Crippen LogP contribution in [0.5, 0.6) is 5.75 Å². The van der Waals surface area contributed by atoms with E-state index in [1.807, 2.05) is 53.4 Å². The van der Waals surface area contributed by atoms with Gasteiger partial charge >= 0.3 is 5.69 Å². The predicted octanol–water partition coefficient (Wildman–Crippen LogP) is 2.77. The summed E-state index contributed by atoms with van der Waals surface area (Å²) < 4.78 is 5.65. The quantitative estimate of drug-likeness (QED) is 0.460. The first-order valence-corrected chi connectivity index (χ1v) is 10.3. The van der Waals surface area contributed by atoms with Crippen molar-refractivity contribution < 1.29 is 9.53 Å². The van der Waals surface area contributed by atoms with E-state index in [-0.39, 0.29) is 24.2 Å². The van der Waals surface area contributed by atoms with E-state index in [1.165, 1.54) is 0 Å². The molecule has 31 heavy (non-hydrogen) atoms. The molecule has 0 radical (unpaired) electrons. The molecule has 1 amide bonds. The van der Waals surface area contributed by atoms with Gasteiger partial charge in [0, 0.05) is 12.1 Å². The first kappa shape index (κ1) is 19.1. The zero-order chi connectivity index (χ0) is 21.2. The first-order valence-electron chi connectivity index (χ1n) is 10.3. The van der Waals surface area contributed by atoms with Crippen LogP contribution in [0.25, 0.3) is 22.4 Å². The second kappa shape index (κ2) is 8.10. The maximum Gasteiger partial charge on any atom is 0.323 e. The summed E-state index contributed by atoms with van der Waals surface area (Å²) in [5, 5.41) is 7.37. The van der Waals surface area contributed by atoms with Crippen molar-refractivity contribution in [1.29, 1.82) is 0 Å². The Kier molecular flexibility index (Phi) is 4.99. The van der Waals surface area contributed by atoms with Crippen LogP contribution in [-0.2, 0) is 4.79 Å². The largest absolute Gasteiger partial charge is 0.484 e. The number of nitrogens with one attached hydrogen (secondary N) is 3. The van der Waals surface area contributed by atoms with Crippen LogP contribution in [0.3, 0.4) is 0 Å². The molecule has 9 nitrogen and oxygen atoms in total. The number of imidazole rings is 1. The van der Waals surface area contributed by atoms with Gasteiger partial charge in [-0.1, -0.05) is 18.2 Å². The van der Waals surface area contributed by atoms with Crippen LogP contribution >= 0.6 is 0 Å². The molecule has 2 aromatic carbocycles.